The quantitative estimate of drug-likeness (QED) is 0.843. The van der Waals surface area contributed by atoms with E-state index >= 15 is 0 Å². The molecule has 0 saturated heterocycles. The molecule has 4 nitrogen and oxygen atoms in total. The van der Waals surface area contributed by atoms with Crippen molar-refractivity contribution < 1.29 is 17.6 Å². The van der Waals surface area contributed by atoms with Crippen LogP contribution in [-0.2, 0) is 6.18 Å². The molecule has 0 aliphatic heterocycles. The fourth-order valence-electron chi connectivity index (χ4n) is 1.59. The lowest BCUT2D eigenvalue weighted by Gasteiger charge is -2.12. The number of rotatable bonds is 4. The molecule has 1 aromatic carbocycles. The van der Waals surface area contributed by atoms with Crippen molar-refractivity contribution in [1.29, 1.82) is 0 Å². The molecule has 0 amide bonds. The minimum atomic E-state index is -4.61. The summed E-state index contributed by atoms with van der Waals surface area (Å²) in [6, 6.07) is 6.36. The Bertz CT molecular complexity index is 628. The molecular formula is C13H12F4N4. The number of anilines is 3. The zero-order valence-electron chi connectivity index (χ0n) is 11.0. The van der Waals surface area contributed by atoms with Gasteiger partial charge >= 0.3 is 6.18 Å². The van der Waals surface area contributed by atoms with Crippen LogP contribution in [0.1, 0.15) is 12.6 Å². The molecule has 2 rings (SSSR count). The van der Waals surface area contributed by atoms with Gasteiger partial charge in [0.25, 0.3) is 0 Å². The van der Waals surface area contributed by atoms with Crippen molar-refractivity contribution in [1.82, 2.24) is 9.97 Å². The first-order chi connectivity index (χ1) is 9.90. The van der Waals surface area contributed by atoms with Crippen LogP contribution in [0.2, 0.25) is 0 Å². The molecule has 0 bridgehead atoms. The first-order valence-corrected chi connectivity index (χ1v) is 6.12. The molecule has 0 atom stereocenters. The van der Waals surface area contributed by atoms with Gasteiger partial charge < -0.3 is 10.6 Å². The van der Waals surface area contributed by atoms with Crippen LogP contribution in [0, 0.1) is 5.82 Å². The fourth-order valence-corrected chi connectivity index (χ4v) is 1.59. The summed E-state index contributed by atoms with van der Waals surface area (Å²) in [6.07, 6.45) is -4.61. The predicted molar refractivity (Wildman–Crippen MR) is 70.9 cm³/mol. The van der Waals surface area contributed by atoms with Crippen LogP contribution < -0.4 is 10.6 Å². The van der Waals surface area contributed by atoms with Crippen molar-refractivity contribution in [2.45, 2.75) is 13.1 Å². The van der Waals surface area contributed by atoms with Crippen molar-refractivity contribution in [2.75, 3.05) is 17.2 Å². The highest BCUT2D eigenvalue weighted by Gasteiger charge is 2.33. The van der Waals surface area contributed by atoms with Crippen LogP contribution >= 0.6 is 0 Å². The van der Waals surface area contributed by atoms with Gasteiger partial charge in [-0.1, -0.05) is 12.1 Å². The summed E-state index contributed by atoms with van der Waals surface area (Å²) in [5.41, 5.74) is -1.07. The van der Waals surface area contributed by atoms with E-state index in [1.54, 1.807) is 13.0 Å². The summed E-state index contributed by atoms with van der Waals surface area (Å²) in [5, 5.41) is 5.12. The summed E-state index contributed by atoms with van der Waals surface area (Å²) in [4.78, 5) is 7.25. The largest absolute Gasteiger partial charge is 0.433 e. The lowest BCUT2D eigenvalue weighted by Crippen LogP contribution is -2.13. The lowest BCUT2D eigenvalue weighted by atomic mass is 10.3. The van der Waals surface area contributed by atoms with E-state index in [9.17, 15) is 17.6 Å². The average Bonchev–Trinajstić information content (AvgIpc) is 2.41. The highest BCUT2D eigenvalue weighted by Crippen LogP contribution is 2.30. The number of benzene rings is 1. The van der Waals surface area contributed by atoms with Gasteiger partial charge in [-0.05, 0) is 19.1 Å². The summed E-state index contributed by atoms with van der Waals surface area (Å²) in [6.45, 7) is 2.06. The second kappa shape index (κ2) is 5.94. The van der Waals surface area contributed by atoms with Gasteiger partial charge in [0, 0.05) is 12.6 Å². The number of nitrogens with one attached hydrogen (secondary N) is 2. The zero-order chi connectivity index (χ0) is 15.5. The minimum absolute atomic E-state index is 0.0340. The molecule has 0 aliphatic rings. The Hall–Kier alpha value is -2.38. The van der Waals surface area contributed by atoms with Crippen LogP contribution in [0.15, 0.2) is 30.3 Å². The maximum Gasteiger partial charge on any atom is 0.433 e. The molecule has 2 N–H and O–H groups in total. The maximum absolute atomic E-state index is 13.5. The standard InChI is InChI=1S/C13H12F4N4/c1-2-18-12-20-10(13(15,16)17)7-11(21-12)19-9-6-4-3-5-8(9)14/h3-7H,2H2,1H3,(H2,18,19,20,21). The molecule has 0 spiro atoms. The van der Waals surface area contributed by atoms with Crippen LogP contribution in [0.25, 0.3) is 0 Å². The van der Waals surface area contributed by atoms with Crippen LogP contribution in [0.4, 0.5) is 35.0 Å². The molecule has 1 heterocycles. The molecule has 0 fully saturated rings. The topological polar surface area (TPSA) is 49.8 Å². The third-order valence-corrected chi connectivity index (χ3v) is 2.49. The van der Waals surface area contributed by atoms with E-state index in [2.05, 4.69) is 20.6 Å². The molecular weight excluding hydrogens is 288 g/mol. The van der Waals surface area contributed by atoms with Gasteiger partial charge in [-0.3, -0.25) is 0 Å². The van der Waals surface area contributed by atoms with E-state index in [1.165, 1.54) is 18.2 Å². The van der Waals surface area contributed by atoms with E-state index in [4.69, 9.17) is 0 Å². The average molecular weight is 300 g/mol. The van der Waals surface area contributed by atoms with Gasteiger partial charge in [0.15, 0.2) is 5.69 Å². The van der Waals surface area contributed by atoms with E-state index in [0.717, 1.165) is 6.07 Å². The van der Waals surface area contributed by atoms with Gasteiger partial charge in [-0.25, -0.2) is 9.37 Å². The molecule has 0 radical (unpaired) electrons. The highest BCUT2D eigenvalue weighted by molar-refractivity contribution is 5.58. The van der Waals surface area contributed by atoms with Gasteiger partial charge in [-0.2, -0.15) is 18.2 Å². The third kappa shape index (κ3) is 3.80. The van der Waals surface area contributed by atoms with Crippen molar-refractivity contribution in [3.8, 4) is 0 Å². The second-order valence-corrected chi connectivity index (χ2v) is 4.09. The highest BCUT2D eigenvalue weighted by atomic mass is 19.4. The molecule has 2 aromatic rings. The van der Waals surface area contributed by atoms with Crippen LogP contribution in [-0.4, -0.2) is 16.5 Å². The Morgan fingerprint density at radius 1 is 1.14 bits per heavy atom. The normalized spacial score (nSPS) is 11.3. The Balaban J connectivity index is 2.38. The number of hydrogen-bond acceptors (Lipinski definition) is 4. The Labute approximate surface area is 118 Å². The van der Waals surface area contributed by atoms with Gasteiger partial charge in [0.05, 0.1) is 5.69 Å². The van der Waals surface area contributed by atoms with Crippen molar-refractivity contribution in [3.05, 3.63) is 41.8 Å². The Kier molecular flexibility index (Phi) is 4.25. The maximum atomic E-state index is 13.5. The molecule has 21 heavy (non-hydrogen) atoms. The van der Waals surface area contributed by atoms with Crippen molar-refractivity contribution in [3.63, 3.8) is 0 Å². The summed E-state index contributed by atoms with van der Waals surface area (Å²) >= 11 is 0. The second-order valence-electron chi connectivity index (χ2n) is 4.09. The van der Waals surface area contributed by atoms with E-state index in [-0.39, 0.29) is 17.5 Å². The summed E-state index contributed by atoms with van der Waals surface area (Å²) in [5.74, 6) is -0.904. The number of nitrogens with zero attached hydrogens (tertiary/aromatic N) is 2. The molecule has 112 valence electrons. The fraction of sp³-hybridized carbons (Fsp3) is 0.231. The Morgan fingerprint density at radius 3 is 2.48 bits per heavy atom. The SMILES string of the molecule is CCNc1nc(Nc2ccccc2F)cc(C(F)(F)F)n1. The van der Waals surface area contributed by atoms with Crippen LogP contribution in [0.3, 0.4) is 0 Å². The molecule has 1 aromatic heterocycles. The Morgan fingerprint density at radius 2 is 1.86 bits per heavy atom. The first kappa shape index (κ1) is 15.0. The van der Waals surface area contributed by atoms with Gasteiger partial charge in [0.2, 0.25) is 5.95 Å². The molecule has 0 aliphatic carbocycles. The summed E-state index contributed by atoms with van der Waals surface area (Å²) < 4.78 is 51.9. The number of hydrogen-bond donors (Lipinski definition) is 2. The van der Waals surface area contributed by atoms with Crippen LogP contribution in [0.5, 0.6) is 0 Å². The number of alkyl halides is 3. The molecule has 8 heteroatoms. The van der Waals surface area contributed by atoms with E-state index in [0.29, 0.717) is 6.54 Å². The first-order valence-electron chi connectivity index (χ1n) is 6.12. The van der Waals surface area contributed by atoms with Gasteiger partial charge in [-0.15, -0.1) is 0 Å². The molecule has 0 saturated carbocycles. The monoisotopic (exact) mass is 300 g/mol. The van der Waals surface area contributed by atoms with Gasteiger partial charge in [0.1, 0.15) is 11.6 Å². The third-order valence-electron chi connectivity index (χ3n) is 2.49. The zero-order valence-corrected chi connectivity index (χ0v) is 11.0. The summed E-state index contributed by atoms with van der Waals surface area (Å²) in [7, 11) is 0. The number of para-hydroxylation sites is 1. The number of halogens is 4. The predicted octanol–water partition coefficient (Wildman–Crippen LogP) is 3.81. The van der Waals surface area contributed by atoms with Crippen molar-refractivity contribution in [2.24, 2.45) is 0 Å². The minimum Gasteiger partial charge on any atom is -0.354 e. The number of aromatic nitrogens is 2. The lowest BCUT2D eigenvalue weighted by molar-refractivity contribution is -0.141. The molecule has 0 unspecified atom stereocenters. The van der Waals surface area contributed by atoms with E-state index in [1.807, 2.05) is 0 Å². The smallest absolute Gasteiger partial charge is 0.354 e. The van der Waals surface area contributed by atoms with E-state index < -0.39 is 17.7 Å². The van der Waals surface area contributed by atoms with Crippen molar-refractivity contribution >= 4 is 17.5 Å².